The maximum absolute atomic E-state index is 11.5. The fourth-order valence-electron chi connectivity index (χ4n) is 2.39. The van der Waals surface area contributed by atoms with Crippen molar-refractivity contribution in [1.82, 2.24) is 15.5 Å². The van der Waals surface area contributed by atoms with Gasteiger partial charge in [-0.1, -0.05) is 18.8 Å². The van der Waals surface area contributed by atoms with Gasteiger partial charge in [-0.2, -0.15) is 0 Å². The maximum atomic E-state index is 11.5. The minimum absolute atomic E-state index is 0.105. The Morgan fingerprint density at radius 2 is 2.00 bits per heavy atom. The van der Waals surface area contributed by atoms with E-state index in [1.807, 2.05) is 0 Å². The van der Waals surface area contributed by atoms with Gasteiger partial charge in [-0.15, -0.1) is 0 Å². The number of rotatable bonds is 2. The van der Waals surface area contributed by atoms with Crippen LogP contribution < -0.4 is 10.6 Å². The molecule has 0 radical (unpaired) electrons. The van der Waals surface area contributed by atoms with Gasteiger partial charge in [0.15, 0.2) is 0 Å². The highest BCUT2D eigenvalue weighted by Crippen LogP contribution is 2.17. The molecule has 0 atom stereocenters. The Morgan fingerprint density at radius 3 is 2.71 bits per heavy atom. The predicted octanol–water partition coefficient (Wildman–Crippen LogP) is -0.0462. The highest BCUT2D eigenvalue weighted by Gasteiger charge is 2.15. The Balaban J connectivity index is 1.66. The zero-order valence-corrected chi connectivity index (χ0v) is 10.3. The lowest BCUT2D eigenvalue weighted by Crippen LogP contribution is -2.43. The third kappa shape index (κ3) is 4.37. The lowest BCUT2D eigenvalue weighted by molar-refractivity contribution is -0.116. The first-order valence-electron chi connectivity index (χ1n) is 6.57. The molecule has 0 spiro atoms. The lowest BCUT2D eigenvalue weighted by Gasteiger charge is -2.24. The third-order valence-electron chi connectivity index (χ3n) is 3.40. The summed E-state index contributed by atoms with van der Waals surface area (Å²) in [5.74, 6) is 5.56. The van der Waals surface area contributed by atoms with Crippen molar-refractivity contribution in [2.75, 3.05) is 32.7 Å². The van der Waals surface area contributed by atoms with Crippen LogP contribution in [0.4, 0.5) is 0 Å². The average molecular weight is 235 g/mol. The van der Waals surface area contributed by atoms with Gasteiger partial charge in [0.2, 0.25) is 0 Å². The zero-order chi connectivity index (χ0) is 11.9. The molecule has 94 valence electrons. The molecular weight excluding hydrogens is 214 g/mol. The minimum atomic E-state index is -0.105. The fraction of sp³-hybridized carbons (Fsp3) is 0.769. The topological polar surface area (TPSA) is 44.4 Å². The fourth-order valence-corrected chi connectivity index (χ4v) is 2.39. The van der Waals surface area contributed by atoms with Crippen LogP contribution in [0.15, 0.2) is 0 Å². The van der Waals surface area contributed by atoms with Crippen molar-refractivity contribution in [3.05, 3.63) is 0 Å². The summed E-state index contributed by atoms with van der Waals surface area (Å²) < 4.78 is 0. The predicted molar refractivity (Wildman–Crippen MR) is 67.5 cm³/mol. The normalized spacial score (nSPS) is 21.9. The van der Waals surface area contributed by atoms with E-state index in [0.29, 0.717) is 12.6 Å². The van der Waals surface area contributed by atoms with Gasteiger partial charge in [0.25, 0.3) is 5.91 Å². The Kier molecular flexibility index (Phi) is 4.84. The van der Waals surface area contributed by atoms with Crippen LogP contribution in [-0.2, 0) is 4.79 Å². The smallest absolute Gasteiger partial charge is 0.296 e. The molecule has 0 aromatic rings. The third-order valence-corrected chi connectivity index (χ3v) is 3.40. The van der Waals surface area contributed by atoms with Crippen LogP contribution in [0.5, 0.6) is 0 Å². The Morgan fingerprint density at radius 1 is 1.29 bits per heavy atom. The summed E-state index contributed by atoms with van der Waals surface area (Å²) in [5, 5.41) is 6.27. The Labute approximate surface area is 103 Å². The van der Waals surface area contributed by atoms with E-state index < -0.39 is 0 Å². The van der Waals surface area contributed by atoms with Crippen molar-refractivity contribution in [1.29, 1.82) is 0 Å². The molecule has 1 saturated carbocycles. The molecule has 2 fully saturated rings. The SMILES string of the molecule is O=C(C#CCN1CCNCC1)NC1CCCC1. The van der Waals surface area contributed by atoms with E-state index in [-0.39, 0.29) is 5.91 Å². The molecule has 17 heavy (non-hydrogen) atoms. The van der Waals surface area contributed by atoms with Crippen LogP contribution in [-0.4, -0.2) is 49.6 Å². The molecule has 2 aliphatic rings. The van der Waals surface area contributed by atoms with Crippen LogP contribution >= 0.6 is 0 Å². The number of piperazine rings is 1. The number of carbonyl (C=O) groups excluding carboxylic acids is 1. The van der Waals surface area contributed by atoms with E-state index in [4.69, 9.17) is 0 Å². The van der Waals surface area contributed by atoms with Gasteiger partial charge < -0.3 is 10.6 Å². The molecule has 0 unspecified atom stereocenters. The molecule has 1 amide bonds. The first-order chi connectivity index (χ1) is 8.34. The van der Waals surface area contributed by atoms with E-state index in [1.165, 1.54) is 12.8 Å². The van der Waals surface area contributed by atoms with Gasteiger partial charge in [0, 0.05) is 32.2 Å². The summed E-state index contributed by atoms with van der Waals surface area (Å²) in [6, 6.07) is 0.371. The van der Waals surface area contributed by atoms with Gasteiger partial charge in [0.1, 0.15) is 0 Å². The first-order valence-corrected chi connectivity index (χ1v) is 6.57. The number of carbonyl (C=O) groups is 1. The number of amides is 1. The molecule has 2 N–H and O–H groups in total. The number of nitrogens with zero attached hydrogens (tertiary/aromatic N) is 1. The molecule has 0 aromatic carbocycles. The summed E-state index contributed by atoms with van der Waals surface area (Å²) in [4.78, 5) is 13.8. The molecule has 1 heterocycles. The summed E-state index contributed by atoms with van der Waals surface area (Å²) in [5.41, 5.74) is 0. The number of nitrogens with one attached hydrogen (secondary N) is 2. The van der Waals surface area contributed by atoms with E-state index in [9.17, 15) is 4.79 Å². The quantitative estimate of drug-likeness (QED) is 0.660. The summed E-state index contributed by atoms with van der Waals surface area (Å²) in [6.07, 6.45) is 4.70. The van der Waals surface area contributed by atoms with Crippen molar-refractivity contribution in [3.63, 3.8) is 0 Å². The van der Waals surface area contributed by atoms with E-state index >= 15 is 0 Å². The molecule has 0 aromatic heterocycles. The molecule has 1 aliphatic heterocycles. The Hall–Kier alpha value is -1.05. The van der Waals surface area contributed by atoms with Crippen molar-refractivity contribution >= 4 is 5.91 Å². The van der Waals surface area contributed by atoms with Crippen molar-refractivity contribution in [3.8, 4) is 11.8 Å². The average Bonchev–Trinajstić information content (AvgIpc) is 2.83. The largest absolute Gasteiger partial charge is 0.343 e. The zero-order valence-electron chi connectivity index (χ0n) is 10.3. The number of hydrogen-bond acceptors (Lipinski definition) is 3. The highest BCUT2D eigenvalue weighted by atomic mass is 16.1. The van der Waals surface area contributed by atoms with Crippen molar-refractivity contribution < 1.29 is 4.79 Å². The van der Waals surface area contributed by atoms with Crippen LogP contribution in [0.2, 0.25) is 0 Å². The highest BCUT2D eigenvalue weighted by molar-refractivity contribution is 5.93. The molecule has 4 heteroatoms. The summed E-state index contributed by atoms with van der Waals surface area (Å²) >= 11 is 0. The molecule has 1 saturated heterocycles. The van der Waals surface area contributed by atoms with Crippen molar-refractivity contribution in [2.45, 2.75) is 31.7 Å². The van der Waals surface area contributed by atoms with Crippen LogP contribution in [0.3, 0.4) is 0 Å². The van der Waals surface area contributed by atoms with Gasteiger partial charge in [-0.3, -0.25) is 9.69 Å². The Bertz CT molecular complexity index is 306. The monoisotopic (exact) mass is 235 g/mol. The second-order valence-corrected chi connectivity index (χ2v) is 4.78. The second-order valence-electron chi connectivity index (χ2n) is 4.78. The molecule has 1 aliphatic carbocycles. The minimum Gasteiger partial charge on any atom is -0.343 e. The molecule has 4 nitrogen and oxygen atoms in total. The summed E-state index contributed by atoms with van der Waals surface area (Å²) in [6.45, 7) is 4.81. The van der Waals surface area contributed by atoms with Crippen LogP contribution in [0, 0.1) is 11.8 Å². The van der Waals surface area contributed by atoms with Crippen LogP contribution in [0.25, 0.3) is 0 Å². The van der Waals surface area contributed by atoms with Gasteiger partial charge in [-0.25, -0.2) is 0 Å². The van der Waals surface area contributed by atoms with Crippen molar-refractivity contribution in [2.24, 2.45) is 0 Å². The molecular formula is C13H21N3O. The van der Waals surface area contributed by atoms with E-state index in [2.05, 4.69) is 27.4 Å². The second kappa shape index (κ2) is 6.63. The standard InChI is InChI=1S/C13H21N3O/c17-13(15-12-4-1-2-5-12)6-3-9-16-10-7-14-8-11-16/h12,14H,1-2,4-5,7-11H2,(H,15,17). The first kappa shape index (κ1) is 12.4. The van der Waals surface area contributed by atoms with Gasteiger partial charge >= 0.3 is 0 Å². The maximum Gasteiger partial charge on any atom is 0.296 e. The van der Waals surface area contributed by atoms with Gasteiger partial charge in [-0.05, 0) is 18.8 Å². The van der Waals surface area contributed by atoms with Gasteiger partial charge in [0.05, 0.1) is 6.54 Å². The van der Waals surface area contributed by atoms with E-state index in [1.54, 1.807) is 0 Å². The van der Waals surface area contributed by atoms with Crippen LogP contribution in [0.1, 0.15) is 25.7 Å². The molecule has 2 rings (SSSR count). The molecule has 0 bridgehead atoms. The van der Waals surface area contributed by atoms with E-state index in [0.717, 1.165) is 39.0 Å². The number of hydrogen-bond donors (Lipinski definition) is 2. The summed E-state index contributed by atoms with van der Waals surface area (Å²) in [7, 11) is 0. The lowest BCUT2D eigenvalue weighted by atomic mass is 10.2.